The molecular formula is C11H16O3. The molecule has 0 aromatic carbocycles. The minimum atomic E-state index is -0.414. The Morgan fingerprint density at radius 1 is 1.64 bits per heavy atom. The molecule has 3 atom stereocenters. The molecule has 0 aromatic rings. The van der Waals surface area contributed by atoms with Gasteiger partial charge >= 0.3 is 5.97 Å². The molecule has 2 aliphatic heterocycles. The minimum absolute atomic E-state index is 0.0423. The zero-order valence-corrected chi connectivity index (χ0v) is 8.71. The van der Waals surface area contributed by atoms with E-state index in [9.17, 15) is 4.79 Å². The molecule has 1 spiro atoms. The van der Waals surface area contributed by atoms with E-state index >= 15 is 0 Å². The Morgan fingerprint density at radius 2 is 2.36 bits per heavy atom. The molecule has 2 aliphatic rings. The number of hydrogen-bond acceptors (Lipinski definition) is 3. The molecule has 2 rings (SSSR count). The number of hydrogen-bond donors (Lipinski definition) is 0. The Hall–Kier alpha value is -0.830. The summed E-state index contributed by atoms with van der Waals surface area (Å²) in [4.78, 5) is 11.4. The van der Waals surface area contributed by atoms with E-state index in [0.717, 1.165) is 6.42 Å². The molecule has 0 aromatic heterocycles. The van der Waals surface area contributed by atoms with Crippen LogP contribution >= 0.6 is 0 Å². The van der Waals surface area contributed by atoms with E-state index in [2.05, 4.69) is 20.4 Å². The van der Waals surface area contributed by atoms with E-state index in [1.165, 1.54) is 0 Å². The van der Waals surface area contributed by atoms with E-state index in [-0.39, 0.29) is 18.0 Å². The van der Waals surface area contributed by atoms with Crippen molar-refractivity contribution in [3.05, 3.63) is 12.2 Å². The van der Waals surface area contributed by atoms with Gasteiger partial charge in [-0.25, -0.2) is 4.79 Å². The fourth-order valence-corrected chi connectivity index (χ4v) is 2.46. The summed E-state index contributed by atoms with van der Waals surface area (Å²) in [6.45, 7) is 8.53. The highest BCUT2D eigenvalue weighted by Crippen LogP contribution is 2.45. The third-order valence-electron chi connectivity index (χ3n) is 3.36. The maximum absolute atomic E-state index is 11.4. The highest BCUT2D eigenvalue weighted by atomic mass is 16.6. The molecule has 0 bridgehead atoms. The summed E-state index contributed by atoms with van der Waals surface area (Å²) in [5.74, 6) is 0.0245. The monoisotopic (exact) mass is 196 g/mol. The Kier molecular flexibility index (Phi) is 2.14. The SMILES string of the molecule is C=C1CC2(OC1=O)C(C)COC2CC. The van der Waals surface area contributed by atoms with Crippen LogP contribution in [0, 0.1) is 5.92 Å². The van der Waals surface area contributed by atoms with Crippen LogP contribution in [-0.4, -0.2) is 24.3 Å². The van der Waals surface area contributed by atoms with Crippen molar-refractivity contribution in [2.45, 2.75) is 38.4 Å². The van der Waals surface area contributed by atoms with Gasteiger partial charge in [-0.1, -0.05) is 20.4 Å². The lowest BCUT2D eigenvalue weighted by molar-refractivity contribution is -0.154. The normalized spacial score (nSPS) is 42.1. The predicted octanol–water partition coefficient (Wildman–Crippen LogP) is 1.67. The minimum Gasteiger partial charge on any atom is -0.452 e. The molecule has 78 valence electrons. The van der Waals surface area contributed by atoms with Gasteiger partial charge in [0.25, 0.3) is 0 Å². The van der Waals surface area contributed by atoms with Crippen molar-refractivity contribution in [1.29, 1.82) is 0 Å². The second-order valence-electron chi connectivity index (χ2n) is 4.26. The molecule has 3 heteroatoms. The quantitative estimate of drug-likeness (QED) is 0.472. The molecule has 3 unspecified atom stereocenters. The summed E-state index contributed by atoms with van der Waals surface area (Å²) in [5, 5.41) is 0. The standard InChI is InChI=1S/C11H16O3/c1-4-9-11(8(3)6-13-9)5-7(2)10(12)14-11/h8-9H,2,4-6H2,1,3H3. The molecule has 14 heavy (non-hydrogen) atoms. The Labute approximate surface area is 84.1 Å². The van der Waals surface area contributed by atoms with Crippen LogP contribution in [0.5, 0.6) is 0 Å². The number of carbonyl (C=O) groups is 1. The summed E-state index contributed by atoms with van der Waals surface area (Å²) in [6.07, 6.45) is 1.55. The lowest BCUT2D eigenvalue weighted by Gasteiger charge is -2.30. The maximum Gasteiger partial charge on any atom is 0.334 e. The van der Waals surface area contributed by atoms with Gasteiger partial charge in [-0.15, -0.1) is 0 Å². The molecule has 0 radical (unpaired) electrons. The second-order valence-corrected chi connectivity index (χ2v) is 4.26. The number of esters is 1. The van der Waals surface area contributed by atoms with Crippen LogP contribution in [0.4, 0.5) is 0 Å². The molecule has 2 heterocycles. The van der Waals surface area contributed by atoms with Crippen LogP contribution in [0.1, 0.15) is 26.7 Å². The van der Waals surface area contributed by atoms with Crippen molar-refractivity contribution >= 4 is 5.97 Å². The van der Waals surface area contributed by atoms with E-state index in [4.69, 9.17) is 9.47 Å². The second kappa shape index (κ2) is 3.09. The predicted molar refractivity (Wildman–Crippen MR) is 51.8 cm³/mol. The van der Waals surface area contributed by atoms with Crippen molar-refractivity contribution < 1.29 is 14.3 Å². The zero-order valence-electron chi connectivity index (χ0n) is 8.71. The van der Waals surface area contributed by atoms with Crippen molar-refractivity contribution in [1.82, 2.24) is 0 Å². The molecule has 0 aliphatic carbocycles. The first-order chi connectivity index (χ1) is 6.60. The number of ether oxygens (including phenoxy) is 2. The number of carbonyl (C=O) groups excluding carboxylic acids is 1. The van der Waals surface area contributed by atoms with E-state index in [1.807, 2.05) is 0 Å². The highest BCUT2D eigenvalue weighted by molar-refractivity contribution is 5.90. The van der Waals surface area contributed by atoms with Crippen molar-refractivity contribution in [2.24, 2.45) is 5.92 Å². The van der Waals surface area contributed by atoms with Gasteiger partial charge in [-0.3, -0.25) is 0 Å². The van der Waals surface area contributed by atoms with Crippen LogP contribution in [0.15, 0.2) is 12.2 Å². The highest BCUT2D eigenvalue weighted by Gasteiger charge is 2.56. The molecule has 3 nitrogen and oxygen atoms in total. The Balaban J connectivity index is 2.29. The topological polar surface area (TPSA) is 35.5 Å². The van der Waals surface area contributed by atoms with Gasteiger partial charge < -0.3 is 9.47 Å². The van der Waals surface area contributed by atoms with Gasteiger partial charge in [-0.05, 0) is 6.42 Å². The first kappa shape index (κ1) is 9.71. The van der Waals surface area contributed by atoms with Gasteiger partial charge in [0.1, 0.15) is 5.60 Å². The van der Waals surface area contributed by atoms with E-state index in [0.29, 0.717) is 18.6 Å². The molecule has 0 saturated carbocycles. The van der Waals surface area contributed by atoms with Gasteiger partial charge in [0, 0.05) is 17.9 Å². The fourth-order valence-electron chi connectivity index (χ4n) is 2.46. The smallest absolute Gasteiger partial charge is 0.334 e. The third kappa shape index (κ3) is 1.12. The largest absolute Gasteiger partial charge is 0.452 e. The van der Waals surface area contributed by atoms with Crippen LogP contribution in [0.3, 0.4) is 0 Å². The van der Waals surface area contributed by atoms with Crippen LogP contribution < -0.4 is 0 Å². The van der Waals surface area contributed by atoms with Gasteiger partial charge in [0.15, 0.2) is 0 Å². The molecule has 0 N–H and O–H groups in total. The van der Waals surface area contributed by atoms with E-state index in [1.54, 1.807) is 0 Å². The molecule has 2 fully saturated rings. The lowest BCUT2D eigenvalue weighted by atomic mass is 9.82. The first-order valence-electron chi connectivity index (χ1n) is 5.13. The van der Waals surface area contributed by atoms with Crippen molar-refractivity contribution in [3.63, 3.8) is 0 Å². The van der Waals surface area contributed by atoms with Crippen molar-refractivity contribution in [3.8, 4) is 0 Å². The summed E-state index contributed by atoms with van der Waals surface area (Å²) in [7, 11) is 0. The molecule has 2 saturated heterocycles. The Bertz CT molecular complexity index is 266. The third-order valence-corrected chi connectivity index (χ3v) is 3.36. The van der Waals surface area contributed by atoms with Crippen molar-refractivity contribution in [2.75, 3.05) is 6.61 Å². The average Bonchev–Trinajstić information content (AvgIpc) is 2.59. The van der Waals surface area contributed by atoms with Gasteiger partial charge in [0.05, 0.1) is 12.7 Å². The van der Waals surface area contributed by atoms with Crippen LogP contribution in [-0.2, 0) is 14.3 Å². The maximum atomic E-state index is 11.4. The zero-order chi connectivity index (χ0) is 10.3. The Morgan fingerprint density at radius 3 is 2.86 bits per heavy atom. The average molecular weight is 196 g/mol. The first-order valence-corrected chi connectivity index (χ1v) is 5.13. The lowest BCUT2D eigenvalue weighted by Crippen LogP contribution is -2.42. The molecule has 0 amide bonds. The van der Waals surface area contributed by atoms with Crippen LogP contribution in [0.25, 0.3) is 0 Å². The summed E-state index contributed by atoms with van der Waals surface area (Å²) < 4.78 is 11.1. The van der Waals surface area contributed by atoms with Gasteiger partial charge in [-0.2, -0.15) is 0 Å². The van der Waals surface area contributed by atoms with Crippen LogP contribution in [0.2, 0.25) is 0 Å². The summed E-state index contributed by atoms with van der Waals surface area (Å²) >= 11 is 0. The number of rotatable bonds is 1. The molecular weight excluding hydrogens is 180 g/mol. The van der Waals surface area contributed by atoms with Gasteiger partial charge in [0.2, 0.25) is 0 Å². The summed E-state index contributed by atoms with van der Waals surface area (Å²) in [6, 6.07) is 0. The fraction of sp³-hybridized carbons (Fsp3) is 0.727. The van der Waals surface area contributed by atoms with E-state index < -0.39 is 5.60 Å². The summed E-state index contributed by atoms with van der Waals surface area (Å²) in [5.41, 5.74) is 0.170.